The zero-order valence-electron chi connectivity index (χ0n) is 9.86. The van der Waals surface area contributed by atoms with Crippen molar-refractivity contribution in [2.45, 2.75) is 6.92 Å². The molecule has 0 bridgehead atoms. The fourth-order valence-corrected chi connectivity index (χ4v) is 2.56. The van der Waals surface area contributed by atoms with Gasteiger partial charge < -0.3 is 10.1 Å². The van der Waals surface area contributed by atoms with E-state index in [9.17, 15) is 4.79 Å². The molecule has 6 heteroatoms. The lowest BCUT2D eigenvalue weighted by Crippen LogP contribution is -2.01. The number of aryl methyl sites for hydroxylation is 1. The SMILES string of the molecule is COC(=O)c1csc(Nc2cc(I)ccc2C)n1. The first-order chi connectivity index (χ1) is 8.60. The average molecular weight is 374 g/mol. The fourth-order valence-electron chi connectivity index (χ4n) is 1.37. The van der Waals surface area contributed by atoms with Gasteiger partial charge in [0.15, 0.2) is 10.8 Å². The van der Waals surface area contributed by atoms with Gasteiger partial charge in [0.25, 0.3) is 0 Å². The summed E-state index contributed by atoms with van der Waals surface area (Å²) in [6, 6.07) is 6.12. The summed E-state index contributed by atoms with van der Waals surface area (Å²) in [5, 5.41) is 5.57. The normalized spacial score (nSPS) is 10.2. The summed E-state index contributed by atoms with van der Waals surface area (Å²) < 4.78 is 5.76. The lowest BCUT2D eigenvalue weighted by atomic mass is 10.2. The van der Waals surface area contributed by atoms with Crippen molar-refractivity contribution in [2.24, 2.45) is 0 Å². The zero-order valence-corrected chi connectivity index (χ0v) is 12.8. The molecule has 0 unspecified atom stereocenters. The fraction of sp³-hybridized carbons (Fsp3) is 0.167. The van der Waals surface area contributed by atoms with Gasteiger partial charge in [-0.3, -0.25) is 0 Å². The molecule has 0 aliphatic heterocycles. The molecule has 1 aromatic heterocycles. The highest BCUT2D eigenvalue weighted by Gasteiger charge is 2.11. The molecule has 0 aliphatic rings. The van der Waals surface area contributed by atoms with Crippen LogP contribution in [0.1, 0.15) is 16.1 Å². The average Bonchev–Trinajstić information content (AvgIpc) is 2.81. The Kier molecular flexibility index (Phi) is 4.18. The van der Waals surface area contributed by atoms with Crippen LogP contribution in [0.25, 0.3) is 0 Å². The van der Waals surface area contributed by atoms with Gasteiger partial charge in [0.2, 0.25) is 0 Å². The number of ether oxygens (including phenoxy) is 1. The number of esters is 1. The summed E-state index contributed by atoms with van der Waals surface area (Å²) in [6.45, 7) is 2.02. The third kappa shape index (κ3) is 2.99. The van der Waals surface area contributed by atoms with Crippen molar-refractivity contribution in [3.63, 3.8) is 0 Å². The van der Waals surface area contributed by atoms with Crippen molar-refractivity contribution < 1.29 is 9.53 Å². The van der Waals surface area contributed by atoms with Crippen LogP contribution in [-0.4, -0.2) is 18.1 Å². The lowest BCUT2D eigenvalue weighted by molar-refractivity contribution is 0.0595. The standard InChI is InChI=1S/C12H11IN2O2S/c1-7-3-4-8(13)5-9(7)14-12-15-10(6-18-12)11(16)17-2/h3-6H,1-2H3,(H,14,15). The van der Waals surface area contributed by atoms with Gasteiger partial charge in [-0.15, -0.1) is 11.3 Å². The van der Waals surface area contributed by atoms with Crippen LogP contribution in [0.15, 0.2) is 23.6 Å². The number of hydrogen-bond donors (Lipinski definition) is 1. The van der Waals surface area contributed by atoms with Gasteiger partial charge in [-0.2, -0.15) is 0 Å². The van der Waals surface area contributed by atoms with E-state index in [2.05, 4.69) is 37.6 Å². The number of hydrogen-bond acceptors (Lipinski definition) is 5. The number of carbonyl (C=O) groups is 1. The molecule has 0 atom stereocenters. The van der Waals surface area contributed by atoms with Crippen LogP contribution >= 0.6 is 33.9 Å². The van der Waals surface area contributed by atoms with Gasteiger partial charge in [-0.05, 0) is 47.2 Å². The van der Waals surface area contributed by atoms with E-state index < -0.39 is 5.97 Å². The molecule has 0 fully saturated rings. The van der Waals surface area contributed by atoms with E-state index >= 15 is 0 Å². The second-order valence-electron chi connectivity index (χ2n) is 3.61. The van der Waals surface area contributed by atoms with Gasteiger partial charge in [0.1, 0.15) is 0 Å². The molecule has 2 rings (SSSR count). The quantitative estimate of drug-likeness (QED) is 0.659. The van der Waals surface area contributed by atoms with E-state index in [1.165, 1.54) is 18.4 Å². The molecule has 1 aromatic carbocycles. The Bertz CT molecular complexity index is 583. The minimum absolute atomic E-state index is 0.327. The van der Waals surface area contributed by atoms with Crippen LogP contribution in [0.5, 0.6) is 0 Å². The van der Waals surface area contributed by atoms with Crippen molar-refractivity contribution in [2.75, 3.05) is 12.4 Å². The first kappa shape index (κ1) is 13.3. The predicted molar refractivity (Wildman–Crippen MR) is 80.6 cm³/mol. The van der Waals surface area contributed by atoms with E-state index in [1.54, 1.807) is 5.38 Å². The minimum atomic E-state index is -0.418. The smallest absolute Gasteiger partial charge is 0.357 e. The second kappa shape index (κ2) is 5.66. The second-order valence-corrected chi connectivity index (χ2v) is 5.72. The molecule has 0 spiro atoms. The first-order valence-electron chi connectivity index (χ1n) is 5.17. The highest BCUT2D eigenvalue weighted by Crippen LogP contribution is 2.25. The Morgan fingerprint density at radius 3 is 3.00 bits per heavy atom. The monoisotopic (exact) mass is 374 g/mol. The molecule has 0 amide bonds. The number of halogens is 1. The van der Waals surface area contributed by atoms with Crippen LogP contribution < -0.4 is 5.32 Å². The maximum Gasteiger partial charge on any atom is 0.357 e. The number of methoxy groups -OCH3 is 1. The van der Waals surface area contributed by atoms with Crippen LogP contribution in [0.2, 0.25) is 0 Å². The van der Waals surface area contributed by atoms with Crippen molar-refractivity contribution in [3.8, 4) is 0 Å². The van der Waals surface area contributed by atoms with Gasteiger partial charge in [0.05, 0.1) is 7.11 Å². The highest BCUT2D eigenvalue weighted by molar-refractivity contribution is 14.1. The van der Waals surface area contributed by atoms with Crippen molar-refractivity contribution in [1.82, 2.24) is 4.98 Å². The number of nitrogens with one attached hydrogen (secondary N) is 1. The first-order valence-corrected chi connectivity index (χ1v) is 7.13. The number of aromatic nitrogens is 1. The number of nitrogens with zero attached hydrogens (tertiary/aromatic N) is 1. The van der Waals surface area contributed by atoms with Crippen LogP contribution in [0.3, 0.4) is 0 Å². The third-order valence-corrected chi connectivity index (χ3v) is 3.77. The molecule has 0 saturated heterocycles. The molecule has 18 heavy (non-hydrogen) atoms. The van der Waals surface area contributed by atoms with E-state index in [0.717, 1.165) is 14.8 Å². The number of anilines is 2. The lowest BCUT2D eigenvalue weighted by Gasteiger charge is -2.06. The molecule has 0 radical (unpaired) electrons. The largest absolute Gasteiger partial charge is 0.464 e. The molecule has 2 aromatic rings. The van der Waals surface area contributed by atoms with Gasteiger partial charge >= 0.3 is 5.97 Å². The highest BCUT2D eigenvalue weighted by atomic mass is 127. The maximum absolute atomic E-state index is 11.3. The Morgan fingerprint density at radius 2 is 2.28 bits per heavy atom. The Labute approximate surface area is 123 Å². The molecule has 94 valence electrons. The van der Waals surface area contributed by atoms with Gasteiger partial charge in [-0.25, -0.2) is 9.78 Å². The van der Waals surface area contributed by atoms with Gasteiger partial charge in [0, 0.05) is 14.6 Å². The van der Waals surface area contributed by atoms with Crippen LogP contribution in [-0.2, 0) is 4.74 Å². The maximum atomic E-state index is 11.3. The number of thiazole rings is 1. The third-order valence-electron chi connectivity index (χ3n) is 2.34. The van der Waals surface area contributed by atoms with Crippen molar-refractivity contribution in [1.29, 1.82) is 0 Å². The molecule has 1 N–H and O–H groups in total. The van der Waals surface area contributed by atoms with E-state index in [-0.39, 0.29) is 0 Å². The topological polar surface area (TPSA) is 51.2 Å². The predicted octanol–water partition coefficient (Wildman–Crippen LogP) is 3.59. The van der Waals surface area contributed by atoms with Crippen molar-refractivity contribution in [3.05, 3.63) is 38.4 Å². The molecule has 0 aliphatic carbocycles. The summed E-state index contributed by atoms with van der Waals surface area (Å²) in [6.07, 6.45) is 0. The van der Waals surface area contributed by atoms with Gasteiger partial charge in [-0.1, -0.05) is 6.07 Å². The minimum Gasteiger partial charge on any atom is -0.464 e. The Hall–Kier alpha value is -1.15. The summed E-state index contributed by atoms with van der Waals surface area (Å²) in [5.74, 6) is -0.418. The van der Waals surface area contributed by atoms with Crippen molar-refractivity contribution >= 4 is 50.7 Å². The number of carbonyl (C=O) groups excluding carboxylic acids is 1. The van der Waals surface area contributed by atoms with E-state index in [0.29, 0.717) is 10.8 Å². The summed E-state index contributed by atoms with van der Waals surface area (Å²) in [4.78, 5) is 15.5. The molecular weight excluding hydrogens is 363 g/mol. The Morgan fingerprint density at radius 1 is 1.50 bits per heavy atom. The molecular formula is C12H11IN2O2S. The summed E-state index contributed by atoms with van der Waals surface area (Å²) in [5.41, 5.74) is 2.45. The number of rotatable bonds is 3. The molecule has 0 saturated carbocycles. The number of benzene rings is 1. The summed E-state index contributed by atoms with van der Waals surface area (Å²) in [7, 11) is 1.35. The van der Waals surface area contributed by atoms with Crippen LogP contribution in [0, 0.1) is 10.5 Å². The van der Waals surface area contributed by atoms with E-state index in [1.807, 2.05) is 25.1 Å². The Balaban J connectivity index is 2.21. The van der Waals surface area contributed by atoms with E-state index in [4.69, 9.17) is 0 Å². The zero-order chi connectivity index (χ0) is 13.1. The molecule has 4 nitrogen and oxygen atoms in total. The molecule has 1 heterocycles. The van der Waals surface area contributed by atoms with Crippen LogP contribution in [0.4, 0.5) is 10.8 Å². The summed E-state index contributed by atoms with van der Waals surface area (Å²) >= 11 is 3.63.